The second-order valence-corrected chi connectivity index (χ2v) is 12.9. The lowest BCUT2D eigenvalue weighted by atomic mass is 9.97. The molecule has 2 rings (SSSR count). The van der Waals surface area contributed by atoms with Crippen LogP contribution >= 0.6 is 0 Å². The van der Waals surface area contributed by atoms with Gasteiger partial charge in [-0.1, -0.05) is 50.7 Å². The summed E-state index contributed by atoms with van der Waals surface area (Å²) in [5.74, 6) is -2.00. The lowest BCUT2D eigenvalue weighted by Crippen LogP contribution is -2.65. The molecule has 11 unspecified atom stereocenters. The SMILES string of the molecule is CC(=O)OCC1OC(OC2C(OC(C)CCCCCC/C=C\CCCCCCCC(=O)O)OC(COC(C)=O)C(O)C2O)C(O)C(O)C1O. The number of hydrogen-bond acceptors (Lipinski definition) is 14. The van der Waals surface area contributed by atoms with Crippen molar-refractivity contribution in [3.63, 3.8) is 0 Å². The van der Waals surface area contributed by atoms with Gasteiger partial charge in [-0.15, -0.1) is 0 Å². The standard InChI is InChI=1S/C34H58O15/c1-21(17-15-13-11-9-7-5-4-6-8-10-12-14-16-18-26(37)38)46-34-32(30(42)28(40)25(48-34)20-45-23(3)36)49-33-31(43)29(41)27(39)24(47-33)19-44-22(2)35/h4-5,21,24-25,27-34,39-43H,6-20H2,1-3H3,(H,37,38)/b5-4-. The molecule has 49 heavy (non-hydrogen) atoms. The van der Waals surface area contributed by atoms with Crippen molar-refractivity contribution in [3.8, 4) is 0 Å². The van der Waals surface area contributed by atoms with Gasteiger partial charge in [0.1, 0.15) is 62.0 Å². The van der Waals surface area contributed by atoms with Gasteiger partial charge in [-0.05, 0) is 45.4 Å². The van der Waals surface area contributed by atoms with Crippen molar-refractivity contribution in [1.29, 1.82) is 0 Å². The quantitative estimate of drug-likeness (QED) is 0.0506. The molecule has 0 spiro atoms. The molecule has 6 N–H and O–H groups in total. The van der Waals surface area contributed by atoms with Crippen molar-refractivity contribution in [3.05, 3.63) is 12.2 Å². The highest BCUT2D eigenvalue weighted by molar-refractivity contribution is 5.66. The number of rotatable bonds is 23. The van der Waals surface area contributed by atoms with Gasteiger partial charge in [0.25, 0.3) is 0 Å². The van der Waals surface area contributed by atoms with E-state index in [9.17, 15) is 39.9 Å². The first kappa shape index (κ1) is 43.0. The minimum absolute atomic E-state index is 0.245. The molecule has 15 heteroatoms. The second-order valence-electron chi connectivity index (χ2n) is 12.9. The second kappa shape index (κ2) is 23.3. The Kier molecular flexibility index (Phi) is 20.4. The largest absolute Gasteiger partial charge is 0.481 e. The Labute approximate surface area is 288 Å². The fraction of sp³-hybridized carbons (Fsp3) is 0.853. The maximum atomic E-state index is 11.4. The van der Waals surface area contributed by atoms with Crippen LogP contribution in [0.15, 0.2) is 12.2 Å². The smallest absolute Gasteiger partial charge is 0.303 e. The van der Waals surface area contributed by atoms with E-state index in [1.54, 1.807) is 0 Å². The van der Waals surface area contributed by atoms with Crippen LogP contribution < -0.4 is 0 Å². The van der Waals surface area contributed by atoms with Crippen LogP contribution in [0.4, 0.5) is 0 Å². The molecule has 284 valence electrons. The zero-order chi connectivity index (χ0) is 36.3. The van der Waals surface area contributed by atoms with Crippen molar-refractivity contribution in [2.75, 3.05) is 13.2 Å². The molecule has 0 aliphatic carbocycles. The molecule has 0 aromatic heterocycles. The molecule has 11 atom stereocenters. The van der Waals surface area contributed by atoms with Gasteiger partial charge in [-0.2, -0.15) is 0 Å². The maximum Gasteiger partial charge on any atom is 0.303 e. The van der Waals surface area contributed by atoms with E-state index in [0.717, 1.165) is 77.6 Å². The van der Waals surface area contributed by atoms with Crippen LogP contribution in [0.3, 0.4) is 0 Å². The van der Waals surface area contributed by atoms with Gasteiger partial charge in [0.05, 0.1) is 6.10 Å². The number of aliphatic hydroxyl groups excluding tert-OH is 5. The van der Waals surface area contributed by atoms with E-state index < -0.39 is 92.0 Å². The van der Waals surface area contributed by atoms with Gasteiger partial charge >= 0.3 is 17.9 Å². The number of carboxylic acids is 1. The molecule has 15 nitrogen and oxygen atoms in total. The monoisotopic (exact) mass is 706 g/mol. The molecule has 2 heterocycles. The number of carbonyl (C=O) groups excluding carboxylic acids is 2. The van der Waals surface area contributed by atoms with Crippen molar-refractivity contribution in [2.24, 2.45) is 0 Å². The number of esters is 2. The highest BCUT2D eigenvalue weighted by atomic mass is 16.8. The highest BCUT2D eigenvalue weighted by Gasteiger charge is 2.51. The Balaban J connectivity index is 1.85. The molecule has 0 radical (unpaired) electrons. The normalized spacial score (nSPS) is 31.0. The summed E-state index contributed by atoms with van der Waals surface area (Å²) in [5.41, 5.74) is 0. The summed E-state index contributed by atoms with van der Waals surface area (Å²) < 4.78 is 33.3. The van der Waals surface area contributed by atoms with Crippen LogP contribution in [0.1, 0.15) is 104 Å². The molecule has 2 aliphatic rings. The first-order valence-corrected chi connectivity index (χ1v) is 17.5. The number of allylic oxidation sites excluding steroid dienone is 2. The summed E-state index contributed by atoms with van der Waals surface area (Å²) in [6, 6.07) is 0. The van der Waals surface area contributed by atoms with Crippen LogP contribution in [0.2, 0.25) is 0 Å². The number of ether oxygens (including phenoxy) is 6. The first-order valence-electron chi connectivity index (χ1n) is 17.5. The van der Waals surface area contributed by atoms with E-state index in [0.29, 0.717) is 6.42 Å². The summed E-state index contributed by atoms with van der Waals surface area (Å²) >= 11 is 0. The molecule has 0 amide bonds. The van der Waals surface area contributed by atoms with Crippen molar-refractivity contribution < 1.29 is 73.4 Å². The summed E-state index contributed by atoms with van der Waals surface area (Å²) in [7, 11) is 0. The van der Waals surface area contributed by atoms with Gasteiger partial charge in [0.15, 0.2) is 12.6 Å². The summed E-state index contributed by atoms with van der Waals surface area (Å²) in [6.45, 7) is 3.35. The third kappa shape index (κ3) is 16.1. The molecule has 2 aliphatic heterocycles. The van der Waals surface area contributed by atoms with E-state index in [2.05, 4.69) is 12.2 Å². The first-order chi connectivity index (χ1) is 23.3. The van der Waals surface area contributed by atoms with Crippen LogP contribution in [-0.2, 0) is 42.8 Å². The van der Waals surface area contributed by atoms with Crippen molar-refractivity contribution >= 4 is 17.9 Å². The van der Waals surface area contributed by atoms with E-state index in [1.165, 1.54) is 6.92 Å². The zero-order valence-electron chi connectivity index (χ0n) is 29.0. The molecule has 0 saturated carbocycles. The van der Waals surface area contributed by atoms with Gasteiger partial charge < -0.3 is 59.1 Å². The average molecular weight is 707 g/mol. The van der Waals surface area contributed by atoms with Crippen LogP contribution in [0.25, 0.3) is 0 Å². The van der Waals surface area contributed by atoms with Crippen LogP contribution in [-0.4, -0.2) is 129 Å². The Morgan fingerprint density at radius 2 is 1.14 bits per heavy atom. The summed E-state index contributed by atoms with van der Waals surface area (Å²) in [5, 5.41) is 61.7. The van der Waals surface area contributed by atoms with Crippen LogP contribution in [0, 0.1) is 0 Å². The van der Waals surface area contributed by atoms with Crippen molar-refractivity contribution in [2.45, 2.75) is 172 Å². The molecule has 2 saturated heterocycles. The number of hydrogen-bond donors (Lipinski definition) is 6. The van der Waals surface area contributed by atoms with E-state index in [4.69, 9.17) is 33.5 Å². The third-order valence-electron chi connectivity index (χ3n) is 8.53. The highest BCUT2D eigenvalue weighted by Crippen LogP contribution is 2.31. The number of aliphatic carboxylic acids is 1. The number of carbonyl (C=O) groups is 3. The Bertz CT molecular complexity index is 993. The minimum Gasteiger partial charge on any atom is -0.481 e. The zero-order valence-corrected chi connectivity index (χ0v) is 29.0. The molecular formula is C34H58O15. The topological polar surface area (TPSA) is 228 Å². The predicted molar refractivity (Wildman–Crippen MR) is 173 cm³/mol. The molecule has 2 fully saturated rings. The van der Waals surface area contributed by atoms with Gasteiger partial charge in [-0.3, -0.25) is 14.4 Å². The molecule has 0 bridgehead atoms. The third-order valence-corrected chi connectivity index (χ3v) is 8.53. The van der Waals surface area contributed by atoms with Crippen molar-refractivity contribution in [1.82, 2.24) is 0 Å². The maximum absolute atomic E-state index is 11.4. The molecule has 0 aromatic carbocycles. The molecular weight excluding hydrogens is 648 g/mol. The Morgan fingerprint density at radius 1 is 0.653 bits per heavy atom. The summed E-state index contributed by atoms with van der Waals surface area (Å²) in [4.78, 5) is 33.2. The average Bonchev–Trinajstić information content (AvgIpc) is 3.04. The Morgan fingerprint density at radius 3 is 1.69 bits per heavy atom. The fourth-order valence-electron chi connectivity index (χ4n) is 5.67. The van der Waals surface area contributed by atoms with E-state index >= 15 is 0 Å². The van der Waals surface area contributed by atoms with Gasteiger partial charge in [0.2, 0.25) is 0 Å². The number of unbranched alkanes of at least 4 members (excludes halogenated alkanes) is 9. The van der Waals surface area contributed by atoms with E-state index in [1.807, 2.05) is 6.92 Å². The molecule has 0 aromatic rings. The van der Waals surface area contributed by atoms with E-state index in [-0.39, 0.29) is 13.0 Å². The fourth-order valence-corrected chi connectivity index (χ4v) is 5.67. The summed E-state index contributed by atoms with van der Waals surface area (Å²) in [6.07, 6.45) is 0.603. The number of carboxylic acid groups (broad SMARTS) is 1. The predicted octanol–water partition coefficient (Wildman–Crippen LogP) is 1.87. The van der Waals surface area contributed by atoms with Gasteiger partial charge in [-0.25, -0.2) is 0 Å². The minimum atomic E-state index is -1.78. The Hall–Kier alpha value is -2.21. The van der Waals surface area contributed by atoms with Crippen LogP contribution in [0.5, 0.6) is 0 Å². The van der Waals surface area contributed by atoms with Gasteiger partial charge in [0, 0.05) is 20.3 Å². The lowest BCUT2D eigenvalue weighted by molar-refractivity contribution is -0.371. The number of aliphatic hydroxyl groups is 5. The lowest BCUT2D eigenvalue weighted by Gasteiger charge is -2.46.